The minimum absolute atomic E-state index is 0.0509. The summed E-state index contributed by atoms with van der Waals surface area (Å²) >= 11 is 0. The van der Waals surface area contributed by atoms with Crippen LogP contribution in [-0.2, 0) is 11.0 Å². The highest BCUT2D eigenvalue weighted by Gasteiger charge is 2.30. The number of hydrogen-bond donors (Lipinski definition) is 1. The maximum Gasteiger partial charge on any atom is 0.416 e. The lowest BCUT2D eigenvalue weighted by molar-refractivity contribution is -0.137. The Hall–Kier alpha value is -1.56. The Bertz CT molecular complexity index is 485. The molecule has 1 aliphatic rings. The number of nitrogens with one attached hydrogen (secondary N) is 1. The molecule has 1 aromatic carbocycles. The molecule has 1 atom stereocenters. The molecule has 1 heterocycles. The van der Waals surface area contributed by atoms with Crippen molar-refractivity contribution in [3.8, 4) is 0 Å². The van der Waals surface area contributed by atoms with Gasteiger partial charge < -0.3 is 10.2 Å². The first-order valence-electron chi connectivity index (χ1n) is 7.06. The SMILES string of the molecule is C[C@H](NCCN1CCCC1=O)c1ccc(C(F)(F)F)cc1. The number of carbonyl (C=O) groups is 1. The van der Waals surface area contributed by atoms with E-state index in [-0.39, 0.29) is 11.9 Å². The third-order valence-electron chi connectivity index (χ3n) is 3.74. The van der Waals surface area contributed by atoms with Crippen LogP contribution < -0.4 is 5.32 Å². The molecule has 1 aromatic rings. The Morgan fingerprint density at radius 2 is 1.95 bits per heavy atom. The van der Waals surface area contributed by atoms with Crippen LogP contribution in [0.2, 0.25) is 0 Å². The van der Waals surface area contributed by atoms with Crippen molar-refractivity contribution in [1.29, 1.82) is 0 Å². The maximum absolute atomic E-state index is 12.5. The molecule has 0 bridgehead atoms. The predicted molar refractivity (Wildman–Crippen MR) is 73.7 cm³/mol. The van der Waals surface area contributed by atoms with Crippen molar-refractivity contribution in [2.24, 2.45) is 0 Å². The highest BCUT2D eigenvalue weighted by Crippen LogP contribution is 2.29. The number of nitrogens with zero attached hydrogens (tertiary/aromatic N) is 1. The first-order chi connectivity index (χ1) is 9.88. The van der Waals surface area contributed by atoms with Gasteiger partial charge in [0.15, 0.2) is 0 Å². The van der Waals surface area contributed by atoms with Crippen molar-refractivity contribution < 1.29 is 18.0 Å². The summed E-state index contributed by atoms with van der Waals surface area (Å²) in [6.07, 6.45) is -2.77. The second-order valence-corrected chi connectivity index (χ2v) is 5.28. The molecule has 0 unspecified atom stereocenters. The Morgan fingerprint density at radius 1 is 1.29 bits per heavy atom. The number of amides is 1. The first kappa shape index (κ1) is 15.8. The van der Waals surface area contributed by atoms with Gasteiger partial charge in [-0.25, -0.2) is 0 Å². The zero-order chi connectivity index (χ0) is 15.5. The van der Waals surface area contributed by atoms with Crippen molar-refractivity contribution >= 4 is 5.91 Å². The van der Waals surface area contributed by atoms with E-state index in [0.717, 1.165) is 30.7 Å². The smallest absolute Gasteiger partial charge is 0.341 e. The van der Waals surface area contributed by atoms with Gasteiger partial charge in [-0.05, 0) is 31.0 Å². The molecule has 1 amide bonds. The lowest BCUT2D eigenvalue weighted by atomic mass is 10.1. The normalized spacial score (nSPS) is 17.3. The largest absolute Gasteiger partial charge is 0.416 e. The van der Waals surface area contributed by atoms with E-state index in [9.17, 15) is 18.0 Å². The molecule has 1 aliphatic heterocycles. The summed E-state index contributed by atoms with van der Waals surface area (Å²) in [6.45, 7) is 3.97. The van der Waals surface area contributed by atoms with Gasteiger partial charge in [0.2, 0.25) is 5.91 Å². The monoisotopic (exact) mass is 300 g/mol. The third-order valence-corrected chi connectivity index (χ3v) is 3.74. The summed E-state index contributed by atoms with van der Waals surface area (Å²) < 4.78 is 37.4. The van der Waals surface area contributed by atoms with Crippen LogP contribution in [0.4, 0.5) is 13.2 Å². The predicted octanol–water partition coefficient (Wildman–Crippen LogP) is 2.98. The number of benzene rings is 1. The van der Waals surface area contributed by atoms with Crippen LogP contribution >= 0.6 is 0 Å². The standard InChI is InChI=1S/C15H19F3N2O/c1-11(19-8-10-20-9-2-3-14(20)21)12-4-6-13(7-5-12)15(16,17)18/h4-7,11,19H,2-3,8-10H2,1H3/t11-/m0/s1. The summed E-state index contributed by atoms with van der Waals surface area (Å²) in [5.41, 5.74) is 0.164. The van der Waals surface area contributed by atoms with Gasteiger partial charge in [0.05, 0.1) is 5.56 Å². The first-order valence-corrected chi connectivity index (χ1v) is 7.06. The van der Waals surface area contributed by atoms with Crippen LogP contribution in [0.5, 0.6) is 0 Å². The Labute approximate surface area is 122 Å². The van der Waals surface area contributed by atoms with Crippen molar-refractivity contribution in [3.05, 3.63) is 35.4 Å². The van der Waals surface area contributed by atoms with Gasteiger partial charge in [-0.1, -0.05) is 12.1 Å². The Kier molecular flexibility index (Phi) is 4.88. The summed E-state index contributed by atoms with van der Waals surface area (Å²) in [7, 11) is 0. The van der Waals surface area contributed by atoms with Crippen molar-refractivity contribution in [2.45, 2.75) is 32.0 Å². The second-order valence-electron chi connectivity index (χ2n) is 5.28. The molecular formula is C15H19F3N2O. The zero-order valence-electron chi connectivity index (χ0n) is 11.9. The van der Waals surface area contributed by atoms with Crippen LogP contribution in [0.15, 0.2) is 24.3 Å². The van der Waals surface area contributed by atoms with Gasteiger partial charge >= 0.3 is 6.18 Å². The van der Waals surface area contributed by atoms with Gasteiger partial charge in [-0.3, -0.25) is 4.79 Å². The highest BCUT2D eigenvalue weighted by molar-refractivity contribution is 5.78. The number of hydrogen-bond acceptors (Lipinski definition) is 2. The van der Waals surface area contributed by atoms with Crippen molar-refractivity contribution in [2.75, 3.05) is 19.6 Å². The second kappa shape index (κ2) is 6.47. The van der Waals surface area contributed by atoms with Gasteiger partial charge in [-0.2, -0.15) is 13.2 Å². The van der Waals surface area contributed by atoms with E-state index >= 15 is 0 Å². The summed E-state index contributed by atoms with van der Waals surface area (Å²) in [5.74, 6) is 0.180. The number of halogens is 3. The number of rotatable bonds is 5. The lowest BCUT2D eigenvalue weighted by Gasteiger charge is -2.19. The average Bonchev–Trinajstić information content (AvgIpc) is 2.83. The van der Waals surface area contributed by atoms with Crippen LogP contribution in [0.1, 0.15) is 36.9 Å². The number of likely N-dealkylation sites (tertiary alicyclic amines) is 1. The molecule has 1 N–H and O–H groups in total. The van der Waals surface area contributed by atoms with Crippen LogP contribution in [0.25, 0.3) is 0 Å². The topological polar surface area (TPSA) is 32.3 Å². The highest BCUT2D eigenvalue weighted by atomic mass is 19.4. The summed E-state index contributed by atoms with van der Waals surface area (Å²) in [6, 6.07) is 5.11. The minimum Gasteiger partial charge on any atom is -0.341 e. The summed E-state index contributed by atoms with van der Waals surface area (Å²) in [5, 5.41) is 3.23. The molecule has 21 heavy (non-hydrogen) atoms. The van der Waals surface area contributed by atoms with Crippen LogP contribution in [0.3, 0.4) is 0 Å². The van der Waals surface area contributed by atoms with E-state index in [1.165, 1.54) is 12.1 Å². The molecular weight excluding hydrogens is 281 g/mol. The fourth-order valence-electron chi connectivity index (χ4n) is 2.44. The average molecular weight is 300 g/mol. The fourth-order valence-corrected chi connectivity index (χ4v) is 2.44. The Morgan fingerprint density at radius 3 is 2.48 bits per heavy atom. The molecule has 0 aromatic heterocycles. The molecule has 0 radical (unpaired) electrons. The van der Waals surface area contributed by atoms with E-state index in [1.54, 1.807) is 0 Å². The molecule has 6 heteroatoms. The van der Waals surface area contributed by atoms with E-state index in [4.69, 9.17) is 0 Å². The molecule has 3 nitrogen and oxygen atoms in total. The zero-order valence-corrected chi connectivity index (χ0v) is 11.9. The van der Waals surface area contributed by atoms with Crippen molar-refractivity contribution in [3.63, 3.8) is 0 Å². The van der Waals surface area contributed by atoms with Gasteiger partial charge in [-0.15, -0.1) is 0 Å². The Balaban J connectivity index is 1.83. The summed E-state index contributed by atoms with van der Waals surface area (Å²) in [4.78, 5) is 13.3. The maximum atomic E-state index is 12.5. The number of alkyl halides is 3. The van der Waals surface area contributed by atoms with Gasteiger partial charge in [0.25, 0.3) is 0 Å². The molecule has 116 valence electrons. The van der Waals surface area contributed by atoms with Crippen molar-refractivity contribution in [1.82, 2.24) is 10.2 Å². The molecule has 0 saturated carbocycles. The molecule has 1 saturated heterocycles. The van der Waals surface area contributed by atoms with E-state index in [1.807, 2.05) is 11.8 Å². The fraction of sp³-hybridized carbons (Fsp3) is 0.533. The molecule has 2 rings (SSSR count). The van der Waals surface area contributed by atoms with E-state index < -0.39 is 11.7 Å². The van der Waals surface area contributed by atoms with Gasteiger partial charge in [0.1, 0.15) is 0 Å². The quantitative estimate of drug-likeness (QED) is 0.906. The van der Waals surface area contributed by atoms with E-state index in [2.05, 4.69) is 5.32 Å². The molecule has 0 aliphatic carbocycles. The molecule has 1 fully saturated rings. The van der Waals surface area contributed by atoms with Crippen LogP contribution in [-0.4, -0.2) is 30.4 Å². The van der Waals surface area contributed by atoms with Crippen LogP contribution in [0, 0.1) is 0 Å². The third kappa shape index (κ3) is 4.20. The number of carbonyl (C=O) groups excluding carboxylic acids is 1. The minimum atomic E-state index is -4.30. The van der Waals surface area contributed by atoms with Gasteiger partial charge in [0, 0.05) is 32.1 Å². The van der Waals surface area contributed by atoms with E-state index in [0.29, 0.717) is 19.5 Å². The molecule has 0 spiro atoms. The lowest BCUT2D eigenvalue weighted by Crippen LogP contribution is -2.33.